The fraction of sp³-hybridized carbons (Fsp3) is 0.667. The Kier molecular flexibility index (Phi) is 10.6. The molecule has 1 aromatic carbocycles. The normalized spacial score (nSPS) is 10.7. The molecular weight excluding hydrogens is 262 g/mol. The molecule has 0 aliphatic rings. The van der Waals surface area contributed by atoms with Gasteiger partial charge in [-0.25, -0.2) is 0 Å². The standard InChI is InChI=1S/C18H31NS/c1-2-3-4-5-6-7-8-9-10-14-17-19(20)18-15-12-11-13-16-18/h11-13,15-16,20H,2-10,14,17H2,1H3. The van der Waals surface area contributed by atoms with Gasteiger partial charge >= 0.3 is 0 Å². The molecule has 1 rings (SSSR count). The minimum Gasteiger partial charge on any atom is -0.319 e. The summed E-state index contributed by atoms with van der Waals surface area (Å²) in [5.41, 5.74) is 1.20. The lowest BCUT2D eigenvalue weighted by molar-refractivity contribution is 0.558. The molecule has 1 nitrogen and oxygen atoms in total. The third kappa shape index (κ3) is 8.52. The van der Waals surface area contributed by atoms with Crippen LogP contribution < -0.4 is 4.31 Å². The van der Waals surface area contributed by atoms with Gasteiger partial charge in [-0.1, -0.05) is 95.7 Å². The highest BCUT2D eigenvalue weighted by Crippen LogP contribution is 2.16. The topological polar surface area (TPSA) is 3.24 Å². The van der Waals surface area contributed by atoms with Gasteiger partial charge in [0.2, 0.25) is 0 Å². The molecule has 0 amide bonds. The van der Waals surface area contributed by atoms with Crippen molar-refractivity contribution in [3.63, 3.8) is 0 Å². The molecule has 0 radical (unpaired) electrons. The van der Waals surface area contributed by atoms with Gasteiger partial charge in [0.05, 0.1) is 0 Å². The Hall–Kier alpha value is -0.630. The molecule has 1 aromatic rings. The molecule has 0 aromatic heterocycles. The predicted molar refractivity (Wildman–Crippen MR) is 94.6 cm³/mol. The van der Waals surface area contributed by atoms with E-state index >= 15 is 0 Å². The van der Waals surface area contributed by atoms with Crippen molar-refractivity contribution in [2.45, 2.75) is 71.1 Å². The van der Waals surface area contributed by atoms with Crippen LogP contribution in [0.25, 0.3) is 0 Å². The van der Waals surface area contributed by atoms with E-state index in [1.54, 1.807) is 0 Å². The van der Waals surface area contributed by atoms with Crippen LogP contribution in [0.4, 0.5) is 5.69 Å². The molecule has 0 spiro atoms. The smallest absolute Gasteiger partial charge is 0.0467 e. The summed E-state index contributed by atoms with van der Waals surface area (Å²) in [5, 5.41) is 0. The zero-order valence-electron chi connectivity index (χ0n) is 13.1. The van der Waals surface area contributed by atoms with Crippen LogP contribution in [0.1, 0.15) is 71.1 Å². The summed E-state index contributed by atoms with van der Waals surface area (Å²) >= 11 is 4.54. The highest BCUT2D eigenvalue weighted by molar-refractivity contribution is 7.81. The number of rotatable bonds is 12. The van der Waals surface area contributed by atoms with Gasteiger partial charge < -0.3 is 4.31 Å². The summed E-state index contributed by atoms with van der Waals surface area (Å²) in [4.78, 5) is 0. The number of thiol groups is 1. The van der Waals surface area contributed by atoms with Crippen molar-refractivity contribution >= 4 is 18.5 Å². The van der Waals surface area contributed by atoms with Gasteiger partial charge in [0.25, 0.3) is 0 Å². The highest BCUT2D eigenvalue weighted by atomic mass is 32.1. The van der Waals surface area contributed by atoms with Gasteiger partial charge in [-0.2, -0.15) is 0 Å². The molecule has 20 heavy (non-hydrogen) atoms. The minimum atomic E-state index is 1.05. The Bertz CT molecular complexity index is 312. The minimum absolute atomic E-state index is 1.05. The molecule has 0 fully saturated rings. The zero-order chi connectivity index (χ0) is 14.5. The largest absolute Gasteiger partial charge is 0.319 e. The number of unbranched alkanes of at least 4 members (excludes halogenated alkanes) is 9. The van der Waals surface area contributed by atoms with E-state index in [4.69, 9.17) is 0 Å². The second-order valence-electron chi connectivity index (χ2n) is 5.64. The first kappa shape index (κ1) is 17.4. The number of nitrogens with zero attached hydrogens (tertiary/aromatic N) is 1. The molecule has 0 saturated heterocycles. The third-order valence-corrected chi connectivity index (χ3v) is 4.21. The maximum Gasteiger partial charge on any atom is 0.0467 e. The summed E-state index contributed by atoms with van der Waals surface area (Å²) in [5.74, 6) is 0. The van der Waals surface area contributed by atoms with Crippen molar-refractivity contribution in [3.8, 4) is 0 Å². The van der Waals surface area contributed by atoms with Crippen molar-refractivity contribution in [1.29, 1.82) is 0 Å². The molecule has 0 N–H and O–H groups in total. The van der Waals surface area contributed by atoms with E-state index in [0.29, 0.717) is 0 Å². The summed E-state index contributed by atoms with van der Waals surface area (Å²) < 4.78 is 2.06. The van der Waals surface area contributed by atoms with Crippen LogP contribution in [-0.2, 0) is 0 Å². The molecule has 0 saturated carbocycles. The summed E-state index contributed by atoms with van der Waals surface area (Å²) in [7, 11) is 0. The summed E-state index contributed by atoms with van der Waals surface area (Å²) in [6.07, 6.45) is 13.9. The van der Waals surface area contributed by atoms with E-state index in [1.807, 2.05) is 6.07 Å². The molecule has 0 unspecified atom stereocenters. The van der Waals surface area contributed by atoms with Crippen molar-refractivity contribution in [1.82, 2.24) is 0 Å². The first-order valence-electron chi connectivity index (χ1n) is 8.36. The Labute approximate surface area is 131 Å². The monoisotopic (exact) mass is 293 g/mol. The Morgan fingerprint density at radius 3 is 1.80 bits per heavy atom. The quantitative estimate of drug-likeness (QED) is 0.351. The molecule has 0 bridgehead atoms. The van der Waals surface area contributed by atoms with Crippen LogP contribution in [0.2, 0.25) is 0 Å². The molecule has 114 valence electrons. The first-order valence-corrected chi connectivity index (χ1v) is 8.76. The van der Waals surface area contributed by atoms with Crippen LogP contribution >= 0.6 is 12.8 Å². The average Bonchev–Trinajstić information content (AvgIpc) is 2.50. The molecule has 0 atom stereocenters. The van der Waals surface area contributed by atoms with E-state index in [0.717, 1.165) is 6.54 Å². The van der Waals surface area contributed by atoms with Gasteiger partial charge in [-0.05, 0) is 18.6 Å². The Balaban J connectivity index is 1.90. The SMILES string of the molecule is CCCCCCCCCCCCN(S)c1ccccc1. The van der Waals surface area contributed by atoms with Crippen molar-refractivity contribution in [2.75, 3.05) is 10.8 Å². The fourth-order valence-electron chi connectivity index (χ4n) is 2.48. The second-order valence-corrected chi connectivity index (χ2v) is 6.12. The van der Waals surface area contributed by atoms with E-state index in [2.05, 4.69) is 48.3 Å². The van der Waals surface area contributed by atoms with Crippen molar-refractivity contribution in [3.05, 3.63) is 30.3 Å². The number of hydrogen-bond donors (Lipinski definition) is 1. The molecule has 0 aliphatic heterocycles. The predicted octanol–water partition coefficient (Wildman–Crippen LogP) is 6.26. The maximum atomic E-state index is 4.54. The summed E-state index contributed by atoms with van der Waals surface area (Å²) in [6, 6.07) is 10.4. The van der Waals surface area contributed by atoms with Gasteiger partial charge in [-0.3, -0.25) is 0 Å². The van der Waals surface area contributed by atoms with Gasteiger partial charge in [-0.15, -0.1) is 0 Å². The van der Waals surface area contributed by atoms with Crippen LogP contribution in [0.3, 0.4) is 0 Å². The van der Waals surface area contributed by atoms with Crippen LogP contribution in [0.15, 0.2) is 30.3 Å². The van der Waals surface area contributed by atoms with Crippen LogP contribution in [0.5, 0.6) is 0 Å². The lowest BCUT2D eigenvalue weighted by atomic mass is 10.1. The number of benzene rings is 1. The van der Waals surface area contributed by atoms with Crippen molar-refractivity contribution in [2.24, 2.45) is 0 Å². The number of para-hydroxylation sites is 1. The third-order valence-electron chi connectivity index (χ3n) is 3.78. The Morgan fingerprint density at radius 1 is 0.750 bits per heavy atom. The second kappa shape index (κ2) is 12.1. The van der Waals surface area contributed by atoms with Crippen LogP contribution in [-0.4, -0.2) is 6.54 Å². The first-order chi connectivity index (χ1) is 9.84. The number of anilines is 1. The van der Waals surface area contributed by atoms with E-state index in [1.165, 1.54) is 69.9 Å². The fourth-order valence-corrected chi connectivity index (χ4v) is 2.75. The molecule has 2 heteroatoms. The lowest BCUT2D eigenvalue weighted by Crippen LogP contribution is -2.11. The van der Waals surface area contributed by atoms with Crippen LogP contribution in [0, 0.1) is 0 Å². The summed E-state index contributed by atoms with van der Waals surface area (Å²) in [6.45, 7) is 3.32. The van der Waals surface area contributed by atoms with Gasteiger partial charge in [0, 0.05) is 12.2 Å². The van der Waals surface area contributed by atoms with Crippen molar-refractivity contribution < 1.29 is 0 Å². The average molecular weight is 294 g/mol. The number of hydrogen-bond acceptors (Lipinski definition) is 2. The van der Waals surface area contributed by atoms with Gasteiger partial charge in [0.1, 0.15) is 0 Å². The zero-order valence-corrected chi connectivity index (χ0v) is 14.0. The lowest BCUT2D eigenvalue weighted by Gasteiger charge is -2.17. The highest BCUT2D eigenvalue weighted by Gasteiger charge is 2.00. The maximum absolute atomic E-state index is 4.54. The van der Waals surface area contributed by atoms with E-state index < -0.39 is 0 Å². The van der Waals surface area contributed by atoms with Gasteiger partial charge in [0.15, 0.2) is 0 Å². The molecular formula is C18H31NS. The Morgan fingerprint density at radius 2 is 1.25 bits per heavy atom. The van der Waals surface area contributed by atoms with E-state index in [9.17, 15) is 0 Å². The molecule has 0 heterocycles. The van der Waals surface area contributed by atoms with E-state index in [-0.39, 0.29) is 0 Å². The molecule has 0 aliphatic carbocycles.